The van der Waals surface area contributed by atoms with E-state index in [0.29, 0.717) is 25.3 Å². The minimum atomic E-state index is -0.865. The molecule has 1 aromatic heterocycles. The smallest absolute Gasteiger partial charge is 0.408 e. The van der Waals surface area contributed by atoms with Crippen molar-refractivity contribution in [2.75, 3.05) is 0 Å². The maximum atomic E-state index is 13.4. The number of Topliss-reactive ketones (excluding diaryl/α,β-unsaturated/α-hetero) is 1. The quantitative estimate of drug-likeness (QED) is 0.268. The van der Waals surface area contributed by atoms with Crippen LogP contribution in [0.5, 0.6) is 0 Å². The van der Waals surface area contributed by atoms with Gasteiger partial charge in [-0.25, -0.2) is 9.48 Å². The topological polar surface area (TPSA) is 137 Å². The number of alkyl carbamates (subject to hydrolysis) is 1. The molecular weight excluding hydrogens is 524 g/mol. The molecule has 1 heterocycles. The van der Waals surface area contributed by atoms with Crippen molar-refractivity contribution in [2.45, 2.75) is 79.0 Å². The second-order valence-electron chi connectivity index (χ2n) is 10.8. The molecule has 0 spiro atoms. The molecule has 2 N–H and O–H groups in total. The number of carbonyl (C=O) groups excluding carboxylic acids is 3. The molecule has 2 aromatic carbocycles. The predicted molar refractivity (Wildman–Crippen MR) is 152 cm³/mol. The van der Waals surface area contributed by atoms with Crippen molar-refractivity contribution >= 4 is 17.8 Å². The van der Waals surface area contributed by atoms with E-state index in [1.807, 2.05) is 88.4 Å². The van der Waals surface area contributed by atoms with E-state index in [-0.39, 0.29) is 37.4 Å². The molecule has 0 bridgehead atoms. The molecule has 220 valence electrons. The van der Waals surface area contributed by atoms with Gasteiger partial charge in [0.15, 0.2) is 11.6 Å². The van der Waals surface area contributed by atoms with Crippen molar-refractivity contribution in [3.63, 3.8) is 0 Å². The van der Waals surface area contributed by atoms with Crippen LogP contribution in [0.25, 0.3) is 0 Å². The normalized spacial score (nSPS) is 12.6. The monoisotopic (exact) mass is 564 g/mol. The molecule has 0 saturated heterocycles. The first kappa shape index (κ1) is 31.4. The Bertz CT molecular complexity index is 1230. The second kappa shape index (κ2) is 16.2. The lowest BCUT2D eigenvalue weighted by Gasteiger charge is -2.24. The van der Waals surface area contributed by atoms with E-state index in [4.69, 9.17) is 9.47 Å². The number of rotatable bonds is 16. The number of amides is 2. The molecule has 0 fully saturated rings. The van der Waals surface area contributed by atoms with Crippen LogP contribution in [0.15, 0.2) is 60.7 Å². The van der Waals surface area contributed by atoms with Gasteiger partial charge in [0, 0.05) is 0 Å². The fourth-order valence-electron chi connectivity index (χ4n) is 4.17. The Hall–Kier alpha value is -4.12. The van der Waals surface area contributed by atoms with Gasteiger partial charge in [-0.3, -0.25) is 9.59 Å². The Balaban J connectivity index is 1.60. The number of ether oxygens (including phenoxy) is 2. The maximum absolute atomic E-state index is 13.4. The summed E-state index contributed by atoms with van der Waals surface area (Å²) >= 11 is 0. The van der Waals surface area contributed by atoms with Crippen molar-refractivity contribution in [1.29, 1.82) is 0 Å². The van der Waals surface area contributed by atoms with Crippen LogP contribution >= 0.6 is 0 Å². The predicted octanol–water partition coefficient (Wildman–Crippen LogP) is 3.83. The SMILES string of the molecule is CC(C)C[C@H](NC(=O)[C@H](CC(C)C)NC(=O)OCc1ccccc1)C(=O)Cn1nnnc1COCc1ccccc1. The second-order valence-corrected chi connectivity index (χ2v) is 10.8. The minimum absolute atomic E-state index is 0.0838. The molecular formula is C30H40N6O5. The Morgan fingerprint density at radius 2 is 1.37 bits per heavy atom. The third-order valence-corrected chi connectivity index (χ3v) is 6.20. The van der Waals surface area contributed by atoms with E-state index < -0.39 is 24.1 Å². The molecule has 0 unspecified atom stereocenters. The average molecular weight is 565 g/mol. The van der Waals surface area contributed by atoms with Gasteiger partial charge in [-0.2, -0.15) is 0 Å². The van der Waals surface area contributed by atoms with Crippen LogP contribution < -0.4 is 10.6 Å². The Morgan fingerprint density at radius 3 is 1.98 bits per heavy atom. The van der Waals surface area contributed by atoms with Crippen molar-refractivity contribution in [3.05, 3.63) is 77.6 Å². The highest BCUT2D eigenvalue weighted by Crippen LogP contribution is 2.12. The van der Waals surface area contributed by atoms with Gasteiger partial charge >= 0.3 is 6.09 Å². The molecule has 11 nitrogen and oxygen atoms in total. The van der Waals surface area contributed by atoms with Crippen molar-refractivity contribution in [2.24, 2.45) is 11.8 Å². The van der Waals surface area contributed by atoms with Gasteiger partial charge in [0.2, 0.25) is 5.91 Å². The van der Waals surface area contributed by atoms with Crippen molar-refractivity contribution in [1.82, 2.24) is 30.8 Å². The number of nitrogens with one attached hydrogen (secondary N) is 2. The molecule has 0 saturated carbocycles. The highest BCUT2D eigenvalue weighted by atomic mass is 16.5. The Kier molecular flexibility index (Phi) is 12.4. The zero-order valence-corrected chi connectivity index (χ0v) is 24.2. The number of hydrogen-bond acceptors (Lipinski definition) is 8. The van der Waals surface area contributed by atoms with Crippen LogP contribution in [-0.2, 0) is 45.4 Å². The third kappa shape index (κ3) is 11.1. The van der Waals surface area contributed by atoms with Gasteiger partial charge in [0.05, 0.1) is 12.6 Å². The molecule has 0 radical (unpaired) electrons. The summed E-state index contributed by atoms with van der Waals surface area (Å²) in [6.07, 6.45) is 0.0969. The fraction of sp³-hybridized carbons (Fsp3) is 0.467. The Labute approximate surface area is 241 Å². The van der Waals surface area contributed by atoms with Crippen LogP contribution in [0.3, 0.4) is 0 Å². The summed E-state index contributed by atoms with van der Waals surface area (Å²) in [5.74, 6) is -0.0567. The molecule has 0 aliphatic rings. The third-order valence-electron chi connectivity index (χ3n) is 6.20. The van der Waals surface area contributed by atoms with Gasteiger partial charge in [-0.1, -0.05) is 88.4 Å². The van der Waals surface area contributed by atoms with E-state index in [1.165, 1.54) is 4.68 Å². The van der Waals surface area contributed by atoms with Crippen LogP contribution in [0.1, 0.15) is 57.5 Å². The number of benzene rings is 2. The van der Waals surface area contributed by atoms with Crippen LogP contribution in [-0.4, -0.2) is 50.1 Å². The van der Waals surface area contributed by atoms with E-state index in [9.17, 15) is 14.4 Å². The first-order chi connectivity index (χ1) is 19.7. The van der Waals surface area contributed by atoms with Gasteiger partial charge in [0.25, 0.3) is 0 Å². The fourth-order valence-corrected chi connectivity index (χ4v) is 4.17. The van der Waals surface area contributed by atoms with Crippen molar-refractivity contribution in [3.8, 4) is 0 Å². The molecule has 11 heteroatoms. The highest BCUT2D eigenvalue weighted by molar-refractivity contribution is 5.92. The number of ketones is 1. The number of nitrogens with zero attached hydrogens (tertiary/aromatic N) is 4. The largest absolute Gasteiger partial charge is 0.445 e. The molecule has 0 aliphatic heterocycles. The summed E-state index contributed by atoms with van der Waals surface area (Å²) in [7, 11) is 0. The summed E-state index contributed by atoms with van der Waals surface area (Å²) in [6, 6.07) is 17.3. The minimum Gasteiger partial charge on any atom is -0.445 e. The first-order valence-corrected chi connectivity index (χ1v) is 13.9. The summed E-state index contributed by atoms with van der Waals surface area (Å²) < 4.78 is 12.4. The van der Waals surface area contributed by atoms with E-state index >= 15 is 0 Å². The lowest BCUT2D eigenvalue weighted by Crippen LogP contribution is -2.52. The van der Waals surface area contributed by atoms with E-state index in [2.05, 4.69) is 26.2 Å². The molecule has 3 rings (SSSR count). The van der Waals surface area contributed by atoms with E-state index in [1.54, 1.807) is 0 Å². The summed E-state index contributed by atoms with van der Waals surface area (Å²) in [4.78, 5) is 39.2. The highest BCUT2D eigenvalue weighted by Gasteiger charge is 2.29. The maximum Gasteiger partial charge on any atom is 0.408 e. The van der Waals surface area contributed by atoms with E-state index in [0.717, 1.165) is 11.1 Å². The molecule has 3 aromatic rings. The average Bonchev–Trinajstić information content (AvgIpc) is 3.38. The van der Waals surface area contributed by atoms with Crippen LogP contribution in [0, 0.1) is 11.8 Å². The number of tetrazole rings is 1. The lowest BCUT2D eigenvalue weighted by molar-refractivity contribution is -0.130. The molecule has 2 atom stereocenters. The number of hydrogen-bond donors (Lipinski definition) is 2. The number of aromatic nitrogens is 4. The van der Waals surface area contributed by atoms with Crippen LogP contribution in [0.4, 0.5) is 4.79 Å². The van der Waals surface area contributed by atoms with Crippen molar-refractivity contribution < 1.29 is 23.9 Å². The Morgan fingerprint density at radius 1 is 0.780 bits per heavy atom. The number of carbonyl (C=O) groups is 3. The zero-order chi connectivity index (χ0) is 29.6. The summed E-state index contributed by atoms with van der Waals surface area (Å²) in [5, 5.41) is 17.2. The molecule has 2 amide bonds. The lowest BCUT2D eigenvalue weighted by atomic mass is 9.98. The van der Waals surface area contributed by atoms with Gasteiger partial charge in [-0.15, -0.1) is 5.10 Å². The summed E-state index contributed by atoms with van der Waals surface area (Å²) in [5.41, 5.74) is 1.85. The zero-order valence-electron chi connectivity index (χ0n) is 24.2. The molecule has 0 aliphatic carbocycles. The standard InChI is InChI=1S/C30H40N6O5/c1-21(2)15-25(27(37)17-36-28(33-34-35-36)20-40-18-23-11-7-5-8-12-23)31-29(38)26(16-22(3)4)32-30(39)41-19-24-13-9-6-10-14-24/h5-14,21-22,25-26H,15-20H2,1-4H3,(H,31,38)(H,32,39)/t25-,26-/m0/s1. The first-order valence-electron chi connectivity index (χ1n) is 13.9. The summed E-state index contributed by atoms with van der Waals surface area (Å²) in [6.45, 7) is 8.30. The van der Waals surface area contributed by atoms with Gasteiger partial charge in [0.1, 0.15) is 25.8 Å². The van der Waals surface area contributed by atoms with Gasteiger partial charge < -0.3 is 20.1 Å². The van der Waals surface area contributed by atoms with Gasteiger partial charge in [-0.05, 0) is 46.2 Å². The molecule has 41 heavy (non-hydrogen) atoms. The van der Waals surface area contributed by atoms with Crippen LogP contribution in [0.2, 0.25) is 0 Å².